The Balaban J connectivity index is 1.49. The van der Waals surface area contributed by atoms with Gasteiger partial charge in [0.1, 0.15) is 18.2 Å². The van der Waals surface area contributed by atoms with E-state index in [2.05, 4.69) is 20.9 Å². The summed E-state index contributed by atoms with van der Waals surface area (Å²) in [4.78, 5) is 42.3. The minimum atomic E-state index is -0.773. The van der Waals surface area contributed by atoms with E-state index in [0.717, 1.165) is 23.9 Å². The van der Waals surface area contributed by atoms with E-state index in [1.54, 1.807) is 28.4 Å². The van der Waals surface area contributed by atoms with Crippen molar-refractivity contribution in [3.05, 3.63) is 24.3 Å². The molecule has 3 amide bonds. The lowest BCUT2D eigenvalue weighted by atomic mass is 9.71. The number of amides is 3. The molecule has 10 nitrogen and oxygen atoms in total. The zero-order valence-corrected chi connectivity index (χ0v) is 21.0. The minimum absolute atomic E-state index is 0.00520. The van der Waals surface area contributed by atoms with E-state index in [9.17, 15) is 19.5 Å². The van der Waals surface area contributed by atoms with Gasteiger partial charge in [-0.2, -0.15) is 0 Å². The van der Waals surface area contributed by atoms with Crippen molar-refractivity contribution in [3.63, 3.8) is 0 Å². The Morgan fingerprint density at radius 2 is 2.09 bits per heavy atom. The molecule has 2 aromatic rings. The van der Waals surface area contributed by atoms with Crippen molar-refractivity contribution in [2.24, 2.45) is 17.8 Å². The zero-order valence-electron chi connectivity index (χ0n) is 20.2. The van der Waals surface area contributed by atoms with Crippen LogP contribution in [0.1, 0.15) is 33.1 Å². The summed E-state index contributed by atoms with van der Waals surface area (Å²) in [6, 6.07) is 6.23. The van der Waals surface area contributed by atoms with Gasteiger partial charge in [0.2, 0.25) is 17.7 Å². The summed E-state index contributed by atoms with van der Waals surface area (Å²) in [5, 5.41) is 24.3. The monoisotopic (exact) mass is 500 g/mol. The molecule has 3 N–H and O–H groups in total. The van der Waals surface area contributed by atoms with Gasteiger partial charge >= 0.3 is 0 Å². The first-order valence-corrected chi connectivity index (χ1v) is 13.1. The van der Waals surface area contributed by atoms with Gasteiger partial charge < -0.3 is 20.6 Å². The SMILES string of the molecule is CC[C@H](C)[C@H](CO)N1C(=O)[C@@H]2[C@@H](C(=O)NC)[C@H]3CCC2(S3)C1C(=O)NCn1nnc2ccccc21. The highest BCUT2D eigenvalue weighted by Crippen LogP contribution is 2.66. The van der Waals surface area contributed by atoms with Gasteiger partial charge in [-0.1, -0.05) is 37.6 Å². The molecule has 0 radical (unpaired) electrons. The second-order valence-electron chi connectivity index (χ2n) is 9.83. The van der Waals surface area contributed by atoms with Gasteiger partial charge in [0, 0.05) is 12.3 Å². The fraction of sp³-hybridized carbons (Fsp3) is 0.625. The van der Waals surface area contributed by atoms with Crippen molar-refractivity contribution in [3.8, 4) is 0 Å². The number of hydrogen-bond donors (Lipinski definition) is 3. The van der Waals surface area contributed by atoms with E-state index in [-0.39, 0.29) is 42.2 Å². The summed E-state index contributed by atoms with van der Waals surface area (Å²) >= 11 is 1.62. The summed E-state index contributed by atoms with van der Waals surface area (Å²) in [5.41, 5.74) is 1.53. The van der Waals surface area contributed by atoms with Crippen molar-refractivity contribution in [1.29, 1.82) is 0 Å². The molecule has 5 rings (SSSR count). The lowest BCUT2D eigenvalue weighted by molar-refractivity contribution is -0.144. The third-order valence-corrected chi connectivity index (χ3v) is 10.2. The molecule has 11 heteroatoms. The van der Waals surface area contributed by atoms with Gasteiger partial charge in [-0.3, -0.25) is 14.4 Å². The van der Waals surface area contributed by atoms with Crippen LogP contribution in [0.5, 0.6) is 0 Å². The number of likely N-dealkylation sites (tertiary alicyclic amines) is 1. The standard InChI is InChI=1S/C24H32N6O4S/c1-4-13(2)16(11-31)30-20(22(33)26-12-29-15-8-6-5-7-14(15)27-28-29)24-10-9-17(35-24)18(21(32)25-3)19(24)23(30)34/h5-8,13,16-20,31H,4,9-12H2,1-3H3,(H,25,32)(H,26,33)/t13-,16-,17+,18-,19-,20?,24?/m0/s1. The smallest absolute Gasteiger partial charge is 0.245 e. The predicted octanol–water partition coefficient (Wildman–Crippen LogP) is 0.749. The zero-order chi connectivity index (χ0) is 24.9. The highest BCUT2D eigenvalue weighted by Gasteiger charge is 2.74. The highest BCUT2D eigenvalue weighted by molar-refractivity contribution is 8.02. The number of benzene rings is 1. The second kappa shape index (κ2) is 9.09. The molecule has 3 aliphatic rings. The molecular formula is C24H32N6O4S. The quantitative estimate of drug-likeness (QED) is 0.488. The Hall–Kier alpha value is -2.66. The summed E-state index contributed by atoms with van der Waals surface area (Å²) < 4.78 is 0.933. The topological polar surface area (TPSA) is 129 Å². The summed E-state index contributed by atoms with van der Waals surface area (Å²) in [6.45, 7) is 3.86. The van der Waals surface area contributed by atoms with E-state index in [0.29, 0.717) is 6.42 Å². The molecule has 3 saturated heterocycles. The number of aliphatic hydroxyl groups is 1. The van der Waals surface area contributed by atoms with Crippen LogP contribution in [-0.4, -0.2) is 78.5 Å². The third kappa shape index (κ3) is 3.54. The lowest BCUT2D eigenvalue weighted by Gasteiger charge is -2.39. The largest absolute Gasteiger partial charge is 0.394 e. The van der Waals surface area contributed by atoms with Crippen molar-refractivity contribution in [2.75, 3.05) is 13.7 Å². The Morgan fingerprint density at radius 3 is 2.80 bits per heavy atom. The van der Waals surface area contributed by atoms with E-state index >= 15 is 0 Å². The lowest BCUT2D eigenvalue weighted by Crippen LogP contribution is -2.58. The number of rotatable bonds is 8. The number of para-hydroxylation sites is 1. The fourth-order valence-corrected chi connectivity index (χ4v) is 8.52. The van der Waals surface area contributed by atoms with Crippen LogP contribution < -0.4 is 10.6 Å². The van der Waals surface area contributed by atoms with E-state index in [4.69, 9.17) is 0 Å². The van der Waals surface area contributed by atoms with Crippen LogP contribution in [0.15, 0.2) is 24.3 Å². The number of nitrogens with one attached hydrogen (secondary N) is 2. The maximum Gasteiger partial charge on any atom is 0.245 e. The maximum atomic E-state index is 14.0. The molecule has 1 aromatic carbocycles. The Labute approximate surface area is 208 Å². The Bertz CT molecular complexity index is 1160. The molecular weight excluding hydrogens is 468 g/mol. The van der Waals surface area contributed by atoms with Crippen LogP contribution >= 0.6 is 11.8 Å². The van der Waals surface area contributed by atoms with Crippen LogP contribution in [0.4, 0.5) is 0 Å². The minimum Gasteiger partial charge on any atom is -0.394 e. The average molecular weight is 501 g/mol. The van der Waals surface area contributed by atoms with Crippen LogP contribution in [0, 0.1) is 17.8 Å². The Morgan fingerprint density at radius 1 is 1.31 bits per heavy atom. The molecule has 3 aliphatic heterocycles. The average Bonchev–Trinajstić information content (AvgIpc) is 3.62. The van der Waals surface area contributed by atoms with Gasteiger partial charge in [-0.15, -0.1) is 16.9 Å². The molecule has 1 spiro atoms. The van der Waals surface area contributed by atoms with Gasteiger partial charge in [0.25, 0.3) is 0 Å². The number of aromatic nitrogens is 3. The second-order valence-corrected chi connectivity index (χ2v) is 11.4. The molecule has 4 heterocycles. The molecule has 1 aromatic heterocycles. The first kappa shape index (κ1) is 24.1. The first-order chi connectivity index (χ1) is 16.9. The molecule has 3 fully saturated rings. The molecule has 0 aliphatic carbocycles. The fourth-order valence-electron chi connectivity index (χ4n) is 6.31. The highest BCUT2D eigenvalue weighted by atomic mass is 32.2. The summed E-state index contributed by atoms with van der Waals surface area (Å²) in [7, 11) is 1.59. The molecule has 2 bridgehead atoms. The number of carbonyl (C=O) groups excluding carboxylic acids is 3. The van der Waals surface area contributed by atoms with E-state index in [1.807, 2.05) is 38.1 Å². The van der Waals surface area contributed by atoms with Crippen molar-refractivity contribution in [1.82, 2.24) is 30.5 Å². The first-order valence-electron chi connectivity index (χ1n) is 12.3. The number of carbonyl (C=O) groups is 3. The molecule has 7 atom stereocenters. The van der Waals surface area contributed by atoms with Crippen molar-refractivity contribution < 1.29 is 19.5 Å². The summed E-state index contributed by atoms with van der Waals surface area (Å²) in [6.07, 6.45) is 2.22. The Kier molecular flexibility index (Phi) is 6.25. The maximum absolute atomic E-state index is 14.0. The number of aliphatic hydroxyl groups excluding tert-OH is 1. The van der Waals surface area contributed by atoms with Crippen molar-refractivity contribution in [2.45, 2.75) is 61.9 Å². The number of fused-ring (bicyclic) bond motifs is 2. The predicted molar refractivity (Wildman–Crippen MR) is 131 cm³/mol. The van der Waals surface area contributed by atoms with E-state index < -0.39 is 28.7 Å². The molecule has 0 saturated carbocycles. The third-order valence-electron chi connectivity index (χ3n) is 8.20. The summed E-state index contributed by atoms with van der Waals surface area (Å²) in [5.74, 6) is -1.68. The number of nitrogens with zero attached hydrogens (tertiary/aromatic N) is 4. The van der Waals surface area contributed by atoms with Gasteiger partial charge in [-0.25, -0.2) is 4.68 Å². The molecule has 188 valence electrons. The normalized spacial score (nSPS) is 31.0. The van der Waals surface area contributed by atoms with E-state index in [1.165, 1.54) is 0 Å². The van der Waals surface area contributed by atoms with Crippen LogP contribution in [0.2, 0.25) is 0 Å². The number of thioether (sulfide) groups is 1. The van der Waals surface area contributed by atoms with Gasteiger partial charge in [-0.05, 0) is 30.9 Å². The number of hydrogen-bond acceptors (Lipinski definition) is 7. The van der Waals surface area contributed by atoms with Crippen molar-refractivity contribution >= 4 is 40.5 Å². The van der Waals surface area contributed by atoms with Gasteiger partial charge in [0.15, 0.2) is 0 Å². The van der Waals surface area contributed by atoms with Crippen LogP contribution in [0.25, 0.3) is 11.0 Å². The van der Waals surface area contributed by atoms with Crippen LogP contribution in [0.3, 0.4) is 0 Å². The van der Waals surface area contributed by atoms with Gasteiger partial charge in [0.05, 0.1) is 34.7 Å². The molecule has 2 unspecified atom stereocenters. The molecule has 35 heavy (non-hydrogen) atoms. The van der Waals surface area contributed by atoms with Crippen LogP contribution in [-0.2, 0) is 21.1 Å².